The molecule has 3 heterocycles. The van der Waals surface area contributed by atoms with Gasteiger partial charge in [0.2, 0.25) is 11.7 Å². The molecule has 1 N–H and O–H groups in total. The first-order valence-electron chi connectivity index (χ1n) is 9.65. The van der Waals surface area contributed by atoms with E-state index in [1.165, 1.54) is 19.3 Å². The van der Waals surface area contributed by atoms with E-state index in [2.05, 4.69) is 15.5 Å². The van der Waals surface area contributed by atoms with Crippen LogP contribution in [0.3, 0.4) is 0 Å². The summed E-state index contributed by atoms with van der Waals surface area (Å²) in [6.45, 7) is 3.33. The minimum atomic E-state index is 0.0765. The molecule has 0 spiro atoms. The second-order valence-electron chi connectivity index (χ2n) is 7.41. The van der Waals surface area contributed by atoms with Gasteiger partial charge in [-0.2, -0.15) is 4.98 Å². The highest BCUT2D eigenvalue weighted by Gasteiger charge is 2.29. The lowest BCUT2D eigenvalue weighted by atomic mass is 9.95. The highest BCUT2D eigenvalue weighted by Crippen LogP contribution is 2.29. The number of rotatable bonds is 3. The fourth-order valence-electron chi connectivity index (χ4n) is 3.90. The molecule has 1 aliphatic carbocycles. The number of hydrogen-bond acceptors (Lipinski definition) is 5. The van der Waals surface area contributed by atoms with Crippen molar-refractivity contribution in [3.63, 3.8) is 0 Å². The first-order valence-corrected chi connectivity index (χ1v) is 9.65. The molecule has 1 saturated carbocycles. The van der Waals surface area contributed by atoms with E-state index < -0.39 is 0 Å². The van der Waals surface area contributed by atoms with Gasteiger partial charge >= 0.3 is 6.03 Å². The molecule has 1 aliphatic heterocycles. The average molecular weight is 358 g/mol. The fraction of sp³-hybridized carbons (Fsp3) is 0.632. The lowest BCUT2D eigenvalue weighted by molar-refractivity contribution is 0.169. The van der Waals surface area contributed by atoms with Gasteiger partial charge in [-0.3, -0.25) is 0 Å². The summed E-state index contributed by atoms with van der Waals surface area (Å²) in [6, 6.07) is 4.16. The van der Waals surface area contributed by atoms with E-state index in [1.807, 2.05) is 24.0 Å². The number of carbonyl (C=O) groups is 1. The van der Waals surface area contributed by atoms with Crippen molar-refractivity contribution in [3.05, 3.63) is 23.8 Å². The number of aromatic nitrogens is 2. The van der Waals surface area contributed by atoms with Crippen molar-refractivity contribution < 1.29 is 13.7 Å². The van der Waals surface area contributed by atoms with Crippen LogP contribution in [0, 0.1) is 6.92 Å². The molecular weight excluding hydrogens is 332 g/mol. The summed E-state index contributed by atoms with van der Waals surface area (Å²) in [5.74, 6) is 2.78. The molecule has 2 aliphatic rings. The SMILES string of the molecule is Cc1ccc(-c2noc(C3CCN(C(=O)NC4CCCCC4)CC3)n2)o1. The number of likely N-dealkylation sites (tertiary alicyclic amines) is 1. The van der Waals surface area contributed by atoms with Gasteiger partial charge in [0.15, 0.2) is 5.76 Å². The average Bonchev–Trinajstić information content (AvgIpc) is 3.32. The van der Waals surface area contributed by atoms with E-state index in [4.69, 9.17) is 8.94 Å². The molecule has 1 saturated heterocycles. The van der Waals surface area contributed by atoms with Crippen LogP contribution in [0.15, 0.2) is 21.1 Å². The summed E-state index contributed by atoms with van der Waals surface area (Å²) in [7, 11) is 0. The van der Waals surface area contributed by atoms with Crippen LogP contribution in [0.5, 0.6) is 0 Å². The number of nitrogens with zero attached hydrogens (tertiary/aromatic N) is 3. The molecule has 2 aromatic heterocycles. The van der Waals surface area contributed by atoms with E-state index in [1.54, 1.807) is 0 Å². The van der Waals surface area contributed by atoms with Crippen LogP contribution >= 0.6 is 0 Å². The first kappa shape index (κ1) is 17.1. The van der Waals surface area contributed by atoms with Crippen molar-refractivity contribution in [1.29, 1.82) is 0 Å². The summed E-state index contributed by atoms with van der Waals surface area (Å²) in [5.41, 5.74) is 0. The van der Waals surface area contributed by atoms with Crippen molar-refractivity contribution in [2.24, 2.45) is 0 Å². The third-order valence-corrected chi connectivity index (χ3v) is 5.47. The van der Waals surface area contributed by atoms with Gasteiger partial charge in [0.05, 0.1) is 0 Å². The quantitative estimate of drug-likeness (QED) is 0.900. The Balaban J connectivity index is 1.30. The second kappa shape index (κ2) is 7.51. The van der Waals surface area contributed by atoms with Crippen LogP contribution in [0.2, 0.25) is 0 Å². The lowest BCUT2D eigenvalue weighted by Crippen LogP contribution is -2.48. The van der Waals surface area contributed by atoms with Gasteiger partial charge in [-0.15, -0.1) is 0 Å². The maximum Gasteiger partial charge on any atom is 0.317 e. The molecule has 7 nitrogen and oxygen atoms in total. The summed E-state index contributed by atoms with van der Waals surface area (Å²) in [4.78, 5) is 18.9. The molecule has 0 bridgehead atoms. The fourth-order valence-corrected chi connectivity index (χ4v) is 3.90. The predicted octanol–water partition coefficient (Wildman–Crippen LogP) is 3.86. The molecule has 2 fully saturated rings. The number of furan rings is 1. The number of amides is 2. The Morgan fingerprint density at radius 2 is 1.92 bits per heavy atom. The monoisotopic (exact) mass is 358 g/mol. The minimum Gasteiger partial charge on any atom is -0.458 e. The number of nitrogens with one attached hydrogen (secondary N) is 1. The van der Waals surface area contributed by atoms with E-state index >= 15 is 0 Å². The molecule has 26 heavy (non-hydrogen) atoms. The van der Waals surface area contributed by atoms with E-state index in [0.29, 0.717) is 23.5 Å². The predicted molar refractivity (Wildman–Crippen MR) is 95.7 cm³/mol. The molecule has 0 aromatic carbocycles. The Morgan fingerprint density at radius 1 is 1.15 bits per heavy atom. The summed E-state index contributed by atoms with van der Waals surface area (Å²) < 4.78 is 11.0. The Bertz CT molecular complexity index is 740. The maximum atomic E-state index is 12.5. The number of aryl methyl sites for hydroxylation is 1. The van der Waals surface area contributed by atoms with Gasteiger partial charge < -0.3 is 19.2 Å². The third-order valence-electron chi connectivity index (χ3n) is 5.47. The highest BCUT2D eigenvalue weighted by molar-refractivity contribution is 5.74. The molecule has 2 aromatic rings. The standard InChI is InChI=1S/C19H26N4O3/c1-13-7-8-16(25-13)17-21-18(26-22-17)14-9-11-23(12-10-14)19(24)20-15-5-3-2-4-6-15/h7-8,14-15H,2-6,9-12H2,1H3,(H,20,24). The topological polar surface area (TPSA) is 84.4 Å². The minimum absolute atomic E-state index is 0.0765. The largest absolute Gasteiger partial charge is 0.458 e. The van der Waals surface area contributed by atoms with Gasteiger partial charge in [-0.05, 0) is 44.7 Å². The van der Waals surface area contributed by atoms with Gasteiger partial charge in [-0.25, -0.2) is 4.79 Å². The van der Waals surface area contributed by atoms with E-state index in [9.17, 15) is 4.79 Å². The van der Waals surface area contributed by atoms with Crippen LogP contribution in [-0.4, -0.2) is 40.2 Å². The lowest BCUT2D eigenvalue weighted by Gasteiger charge is -2.32. The van der Waals surface area contributed by atoms with Crippen LogP contribution < -0.4 is 5.32 Å². The van der Waals surface area contributed by atoms with E-state index in [0.717, 1.165) is 44.5 Å². The molecule has 140 valence electrons. The van der Waals surface area contributed by atoms with Crippen molar-refractivity contribution in [3.8, 4) is 11.6 Å². The molecule has 2 amide bonds. The molecule has 0 radical (unpaired) electrons. The van der Waals surface area contributed by atoms with Gasteiger partial charge in [0.25, 0.3) is 0 Å². The number of hydrogen-bond donors (Lipinski definition) is 1. The van der Waals surface area contributed by atoms with Gasteiger partial charge in [-0.1, -0.05) is 24.4 Å². The van der Waals surface area contributed by atoms with Gasteiger partial charge in [0.1, 0.15) is 5.76 Å². The van der Waals surface area contributed by atoms with Crippen molar-refractivity contribution >= 4 is 6.03 Å². The molecule has 4 rings (SSSR count). The zero-order valence-electron chi connectivity index (χ0n) is 15.2. The molecule has 0 atom stereocenters. The maximum absolute atomic E-state index is 12.5. The Hall–Kier alpha value is -2.31. The van der Waals surface area contributed by atoms with Crippen LogP contribution in [0.4, 0.5) is 4.79 Å². The Morgan fingerprint density at radius 3 is 2.62 bits per heavy atom. The zero-order chi connectivity index (χ0) is 17.9. The molecule has 0 unspecified atom stereocenters. The van der Waals surface area contributed by atoms with E-state index in [-0.39, 0.29) is 11.9 Å². The molecular formula is C19H26N4O3. The first-order chi connectivity index (χ1) is 12.7. The van der Waals surface area contributed by atoms with Crippen molar-refractivity contribution in [2.45, 2.75) is 63.8 Å². The summed E-state index contributed by atoms with van der Waals surface area (Å²) >= 11 is 0. The normalized spacial score (nSPS) is 19.7. The van der Waals surface area contributed by atoms with Crippen molar-refractivity contribution in [1.82, 2.24) is 20.4 Å². The Labute approximate surface area is 153 Å². The van der Waals surface area contributed by atoms with Crippen LogP contribution in [0.1, 0.15) is 62.5 Å². The summed E-state index contributed by atoms with van der Waals surface area (Å²) in [5, 5.41) is 7.23. The zero-order valence-corrected chi connectivity index (χ0v) is 15.2. The molecule has 7 heteroatoms. The number of carbonyl (C=O) groups excluding carboxylic acids is 1. The van der Waals surface area contributed by atoms with Crippen LogP contribution in [-0.2, 0) is 0 Å². The smallest absolute Gasteiger partial charge is 0.317 e. The summed E-state index contributed by atoms with van der Waals surface area (Å²) in [6.07, 6.45) is 7.65. The van der Waals surface area contributed by atoms with Crippen LogP contribution in [0.25, 0.3) is 11.6 Å². The third kappa shape index (κ3) is 3.76. The highest BCUT2D eigenvalue weighted by atomic mass is 16.5. The Kier molecular flexibility index (Phi) is 4.95. The van der Waals surface area contributed by atoms with Gasteiger partial charge in [0, 0.05) is 25.0 Å². The second-order valence-corrected chi connectivity index (χ2v) is 7.41. The number of urea groups is 1. The number of piperidine rings is 1. The van der Waals surface area contributed by atoms with Crippen molar-refractivity contribution in [2.75, 3.05) is 13.1 Å².